The summed E-state index contributed by atoms with van der Waals surface area (Å²) < 4.78 is 24.2. The number of nitrogens with two attached hydrogens (primary N) is 1. The van der Waals surface area contributed by atoms with Crippen molar-refractivity contribution in [3.05, 3.63) is 34.9 Å². The molecular formula is C12H18F2N2. The molecule has 3 N–H and O–H groups in total. The molecule has 0 aliphatic rings. The van der Waals surface area contributed by atoms with E-state index in [-0.39, 0.29) is 12.6 Å². The van der Waals surface area contributed by atoms with E-state index in [1.807, 2.05) is 32.0 Å². The fourth-order valence-electron chi connectivity index (χ4n) is 1.69. The summed E-state index contributed by atoms with van der Waals surface area (Å²) in [4.78, 5) is 0. The van der Waals surface area contributed by atoms with E-state index in [1.54, 1.807) is 0 Å². The zero-order valence-corrected chi connectivity index (χ0v) is 9.63. The van der Waals surface area contributed by atoms with Crippen LogP contribution in [0.2, 0.25) is 0 Å². The Morgan fingerprint density at radius 2 is 2.00 bits per heavy atom. The summed E-state index contributed by atoms with van der Waals surface area (Å²) in [5, 5.41) is 2.78. The Morgan fingerprint density at radius 3 is 2.56 bits per heavy atom. The Bertz CT molecular complexity index is 340. The number of benzene rings is 1. The Balaban J connectivity index is 2.81. The van der Waals surface area contributed by atoms with Crippen LogP contribution in [-0.4, -0.2) is 19.5 Å². The van der Waals surface area contributed by atoms with Gasteiger partial charge in [-0.15, -0.1) is 0 Å². The zero-order chi connectivity index (χ0) is 12.1. The molecule has 0 radical (unpaired) electrons. The number of aryl methyl sites for hydroxylation is 2. The summed E-state index contributed by atoms with van der Waals surface area (Å²) in [6.45, 7) is 3.93. The number of alkyl halides is 2. The van der Waals surface area contributed by atoms with Crippen LogP contribution in [0.3, 0.4) is 0 Å². The summed E-state index contributed by atoms with van der Waals surface area (Å²) in [5.41, 5.74) is 8.79. The van der Waals surface area contributed by atoms with Gasteiger partial charge in [0.25, 0.3) is 6.43 Å². The molecule has 0 aromatic heterocycles. The molecule has 90 valence electrons. The summed E-state index contributed by atoms with van der Waals surface area (Å²) in [7, 11) is 0. The van der Waals surface area contributed by atoms with Crippen LogP contribution in [0.25, 0.3) is 0 Å². The SMILES string of the molecule is Cc1ccc(C)c(C(CN)NCC(F)F)c1. The standard InChI is InChI=1S/C12H18F2N2/c1-8-3-4-9(2)10(5-8)11(6-15)16-7-12(13)14/h3-5,11-12,16H,6-7,15H2,1-2H3. The van der Waals surface area contributed by atoms with Crippen molar-refractivity contribution in [3.8, 4) is 0 Å². The highest BCUT2D eigenvalue weighted by Crippen LogP contribution is 2.18. The second-order valence-electron chi connectivity index (χ2n) is 3.95. The number of nitrogens with one attached hydrogen (secondary N) is 1. The summed E-state index contributed by atoms with van der Waals surface area (Å²) in [6.07, 6.45) is -2.35. The molecule has 0 saturated carbocycles. The molecule has 0 amide bonds. The Morgan fingerprint density at radius 1 is 1.31 bits per heavy atom. The van der Waals surface area contributed by atoms with Gasteiger partial charge in [-0.3, -0.25) is 0 Å². The zero-order valence-electron chi connectivity index (χ0n) is 9.63. The lowest BCUT2D eigenvalue weighted by molar-refractivity contribution is 0.141. The van der Waals surface area contributed by atoms with Crippen molar-refractivity contribution in [1.82, 2.24) is 5.32 Å². The molecule has 0 fully saturated rings. The lowest BCUT2D eigenvalue weighted by Crippen LogP contribution is -2.32. The van der Waals surface area contributed by atoms with Gasteiger partial charge in [-0.1, -0.05) is 23.8 Å². The third-order valence-electron chi connectivity index (χ3n) is 2.56. The second kappa shape index (κ2) is 5.92. The van der Waals surface area contributed by atoms with Gasteiger partial charge in [-0.05, 0) is 25.0 Å². The van der Waals surface area contributed by atoms with E-state index >= 15 is 0 Å². The predicted octanol–water partition coefficient (Wildman–Crippen LogP) is 2.16. The highest BCUT2D eigenvalue weighted by atomic mass is 19.3. The maximum atomic E-state index is 12.1. The first kappa shape index (κ1) is 13.1. The molecule has 0 bridgehead atoms. The summed E-state index contributed by atoms with van der Waals surface area (Å²) >= 11 is 0. The molecule has 16 heavy (non-hydrogen) atoms. The van der Waals surface area contributed by atoms with Crippen molar-refractivity contribution < 1.29 is 8.78 Å². The highest BCUT2D eigenvalue weighted by molar-refractivity contribution is 5.33. The van der Waals surface area contributed by atoms with Crippen LogP contribution in [0.5, 0.6) is 0 Å². The molecule has 1 atom stereocenters. The maximum Gasteiger partial charge on any atom is 0.250 e. The largest absolute Gasteiger partial charge is 0.329 e. The van der Waals surface area contributed by atoms with Crippen molar-refractivity contribution in [2.24, 2.45) is 5.73 Å². The van der Waals surface area contributed by atoms with Gasteiger partial charge in [0.05, 0.1) is 6.54 Å². The first-order valence-corrected chi connectivity index (χ1v) is 5.33. The van der Waals surface area contributed by atoms with Gasteiger partial charge in [-0.2, -0.15) is 0 Å². The minimum absolute atomic E-state index is 0.200. The summed E-state index contributed by atoms with van der Waals surface area (Å²) in [6, 6.07) is 5.77. The second-order valence-corrected chi connectivity index (χ2v) is 3.95. The van der Waals surface area contributed by atoms with Crippen LogP contribution >= 0.6 is 0 Å². The first-order chi connectivity index (χ1) is 7.54. The highest BCUT2D eigenvalue weighted by Gasteiger charge is 2.13. The third kappa shape index (κ3) is 3.54. The molecule has 1 aromatic rings. The van der Waals surface area contributed by atoms with E-state index in [0.29, 0.717) is 6.54 Å². The van der Waals surface area contributed by atoms with Gasteiger partial charge in [0, 0.05) is 12.6 Å². The van der Waals surface area contributed by atoms with Crippen LogP contribution < -0.4 is 11.1 Å². The lowest BCUT2D eigenvalue weighted by Gasteiger charge is -2.19. The van der Waals surface area contributed by atoms with E-state index in [2.05, 4.69) is 5.32 Å². The van der Waals surface area contributed by atoms with Crippen LogP contribution in [0.4, 0.5) is 8.78 Å². The molecule has 0 aliphatic heterocycles. The van der Waals surface area contributed by atoms with Crippen molar-refractivity contribution in [2.75, 3.05) is 13.1 Å². The smallest absolute Gasteiger partial charge is 0.250 e. The number of hydrogen-bond donors (Lipinski definition) is 2. The van der Waals surface area contributed by atoms with Gasteiger partial charge in [0.2, 0.25) is 0 Å². The van der Waals surface area contributed by atoms with Gasteiger partial charge in [-0.25, -0.2) is 8.78 Å². The monoisotopic (exact) mass is 228 g/mol. The minimum Gasteiger partial charge on any atom is -0.329 e. The van der Waals surface area contributed by atoms with Crippen LogP contribution in [0.1, 0.15) is 22.7 Å². The Hall–Kier alpha value is -1.00. The van der Waals surface area contributed by atoms with E-state index < -0.39 is 6.43 Å². The van der Waals surface area contributed by atoms with Crippen LogP contribution in [-0.2, 0) is 0 Å². The van der Waals surface area contributed by atoms with E-state index in [9.17, 15) is 8.78 Å². The third-order valence-corrected chi connectivity index (χ3v) is 2.56. The van der Waals surface area contributed by atoms with Gasteiger partial charge >= 0.3 is 0 Å². The van der Waals surface area contributed by atoms with Crippen molar-refractivity contribution in [3.63, 3.8) is 0 Å². The fraction of sp³-hybridized carbons (Fsp3) is 0.500. The number of halogens is 2. The maximum absolute atomic E-state index is 12.1. The van der Waals surface area contributed by atoms with Gasteiger partial charge in [0.15, 0.2) is 0 Å². The average molecular weight is 228 g/mol. The quantitative estimate of drug-likeness (QED) is 0.810. The average Bonchev–Trinajstić information content (AvgIpc) is 2.23. The van der Waals surface area contributed by atoms with Crippen molar-refractivity contribution >= 4 is 0 Å². The van der Waals surface area contributed by atoms with Crippen molar-refractivity contribution in [2.45, 2.75) is 26.3 Å². The Kier molecular flexibility index (Phi) is 4.83. The molecule has 4 heteroatoms. The lowest BCUT2D eigenvalue weighted by atomic mass is 9.99. The molecule has 0 spiro atoms. The summed E-state index contributed by atoms with van der Waals surface area (Å²) in [5.74, 6) is 0. The molecular weight excluding hydrogens is 210 g/mol. The normalized spacial score (nSPS) is 13.1. The minimum atomic E-state index is -2.35. The van der Waals surface area contributed by atoms with Gasteiger partial charge in [0.1, 0.15) is 0 Å². The molecule has 2 nitrogen and oxygen atoms in total. The van der Waals surface area contributed by atoms with E-state index in [1.165, 1.54) is 0 Å². The molecule has 0 aliphatic carbocycles. The van der Waals surface area contributed by atoms with Crippen molar-refractivity contribution in [1.29, 1.82) is 0 Å². The molecule has 1 unspecified atom stereocenters. The first-order valence-electron chi connectivity index (χ1n) is 5.33. The molecule has 0 heterocycles. The molecule has 1 aromatic carbocycles. The predicted molar refractivity (Wildman–Crippen MR) is 61.7 cm³/mol. The number of hydrogen-bond acceptors (Lipinski definition) is 2. The van der Waals surface area contributed by atoms with E-state index in [4.69, 9.17) is 5.73 Å². The molecule has 1 rings (SSSR count). The van der Waals surface area contributed by atoms with Crippen LogP contribution in [0, 0.1) is 13.8 Å². The fourth-order valence-corrected chi connectivity index (χ4v) is 1.69. The van der Waals surface area contributed by atoms with Gasteiger partial charge < -0.3 is 11.1 Å². The van der Waals surface area contributed by atoms with Crippen LogP contribution in [0.15, 0.2) is 18.2 Å². The molecule has 0 saturated heterocycles. The number of rotatable bonds is 5. The topological polar surface area (TPSA) is 38.0 Å². The van der Waals surface area contributed by atoms with E-state index in [0.717, 1.165) is 16.7 Å². The Labute approximate surface area is 94.8 Å².